The summed E-state index contributed by atoms with van der Waals surface area (Å²) in [5.74, 6) is -6.77. The van der Waals surface area contributed by atoms with Crippen LogP contribution in [0.15, 0.2) is 52.1 Å². The topological polar surface area (TPSA) is 156 Å². The second kappa shape index (κ2) is 15.7. The number of aromatic nitrogens is 1. The SMILES string of the molecule is COc1ccnc(C(=O)NC2COC(=O)[C@H](Cc3ccccc3)C(OC(=O)C(C)C)[C@H](C)OC2=O)c1OC(=O)C(Cl)=C(Cl)Cl. The van der Waals surface area contributed by atoms with E-state index in [1.165, 1.54) is 26.3 Å². The van der Waals surface area contributed by atoms with Gasteiger partial charge in [0, 0.05) is 12.3 Å². The van der Waals surface area contributed by atoms with Crippen LogP contribution in [0.1, 0.15) is 36.8 Å². The van der Waals surface area contributed by atoms with Gasteiger partial charge in [0.05, 0.1) is 13.0 Å². The third-order valence-electron chi connectivity index (χ3n) is 6.31. The average Bonchev–Trinajstić information content (AvgIpc) is 3.03. The van der Waals surface area contributed by atoms with Gasteiger partial charge in [-0.3, -0.25) is 14.4 Å². The third-order valence-corrected chi connectivity index (χ3v) is 7.23. The molecule has 12 nitrogen and oxygen atoms in total. The lowest BCUT2D eigenvalue weighted by atomic mass is 9.91. The molecule has 0 spiro atoms. The number of halogens is 3. The van der Waals surface area contributed by atoms with Crippen LogP contribution in [0.4, 0.5) is 0 Å². The Morgan fingerprint density at radius 3 is 2.36 bits per heavy atom. The van der Waals surface area contributed by atoms with Crippen molar-refractivity contribution < 1.29 is 47.7 Å². The molecule has 2 aromatic rings. The van der Waals surface area contributed by atoms with Crippen molar-refractivity contribution in [1.82, 2.24) is 10.3 Å². The van der Waals surface area contributed by atoms with E-state index in [2.05, 4.69) is 10.3 Å². The first-order valence-electron chi connectivity index (χ1n) is 13.2. The van der Waals surface area contributed by atoms with Gasteiger partial charge in [0.1, 0.15) is 23.1 Å². The number of ether oxygens (including phenoxy) is 5. The van der Waals surface area contributed by atoms with E-state index in [1.807, 2.05) is 0 Å². The lowest BCUT2D eigenvalue weighted by molar-refractivity contribution is -0.176. The number of cyclic esters (lactones) is 2. The van der Waals surface area contributed by atoms with Crippen molar-refractivity contribution in [3.8, 4) is 11.5 Å². The van der Waals surface area contributed by atoms with E-state index in [0.29, 0.717) is 0 Å². The number of hydrogen-bond donors (Lipinski definition) is 1. The van der Waals surface area contributed by atoms with E-state index in [1.54, 1.807) is 44.2 Å². The Labute approximate surface area is 267 Å². The van der Waals surface area contributed by atoms with Crippen molar-refractivity contribution in [3.63, 3.8) is 0 Å². The standard InChI is InChI=1S/C29H29Cl3N2O10/c1-14(2)26(36)43-22-15(3)42-28(38)18(13-41-27(37)17(22)12-16-8-6-5-7-9-16)34-25(35)21-23(19(40-4)10-11-33-21)44-29(39)20(30)24(31)32/h5-11,14-15,17-18,22H,12-13H2,1-4H3,(H,34,35)/t15-,17+,18?,22?/m0/s1. The van der Waals surface area contributed by atoms with Gasteiger partial charge in [-0.25, -0.2) is 14.6 Å². The van der Waals surface area contributed by atoms with Gasteiger partial charge in [-0.05, 0) is 18.9 Å². The number of carbonyl (C=O) groups excluding carboxylic acids is 5. The first kappa shape index (κ1) is 34.6. The van der Waals surface area contributed by atoms with Crippen molar-refractivity contribution in [2.24, 2.45) is 11.8 Å². The molecule has 44 heavy (non-hydrogen) atoms. The third kappa shape index (κ3) is 8.84. The minimum Gasteiger partial charge on any atom is -0.493 e. The normalized spacial score (nSPS) is 20.2. The number of amides is 1. The molecule has 0 saturated carbocycles. The Morgan fingerprint density at radius 2 is 1.75 bits per heavy atom. The predicted molar refractivity (Wildman–Crippen MR) is 157 cm³/mol. The Kier molecular flexibility index (Phi) is 12.4. The summed E-state index contributed by atoms with van der Waals surface area (Å²) in [5, 5.41) is 1.70. The van der Waals surface area contributed by atoms with Crippen LogP contribution in [0, 0.1) is 11.8 Å². The molecule has 0 aliphatic carbocycles. The van der Waals surface area contributed by atoms with Crippen molar-refractivity contribution in [2.45, 2.75) is 45.4 Å². The fraction of sp³-hybridized carbons (Fsp3) is 0.379. The fourth-order valence-electron chi connectivity index (χ4n) is 4.04. The lowest BCUT2D eigenvalue weighted by Crippen LogP contribution is -2.47. The minimum atomic E-state index is -1.54. The number of hydrogen-bond acceptors (Lipinski definition) is 11. The molecule has 1 saturated heterocycles. The molecule has 1 fully saturated rings. The van der Waals surface area contributed by atoms with E-state index in [9.17, 15) is 24.0 Å². The van der Waals surface area contributed by atoms with Crippen LogP contribution >= 0.6 is 34.8 Å². The maximum absolute atomic E-state index is 13.4. The molecule has 1 aliphatic rings. The van der Waals surface area contributed by atoms with Crippen molar-refractivity contribution in [1.29, 1.82) is 0 Å². The van der Waals surface area contributed by atoms with Crippen LogP contribution in [-0.4, -0.2) is 66.7 Å². The maximum Gasteiger partial charge on any atom is 0.357 e. The van der Waals surface area contributed by atoms with Gasteiger partial charge < -0.3 is 29.0 Å². The van der Waals surface area contributed by atoms with Crippen LogP contribution in [-0.2, 0) is 39.8 Å². The molecular weight excluding hydrogens is 643 g/mol. The van der Waals surface area contributed by atoms with Gasteiger partial charge in [0.15, 0.2) is 28.6 Å². The summed E-state index contributed by atoms with van der Waals surface area (Å²) in [6, 6.07) is 8.71. The highest BCUT2D eigenvalue weighted by molar-refractivity contribution is 6.62. The summed E-state index contributed by atoms with van der Waals surface area (Å²) in [6.45, 7) is 4.07. The molecule has 0 bridgehead atoms. The first-order chi connectivity index (χ1) is 20.8. The van der Waals surface area contributed by atoms with Gasteiger partial charge in [0.2, 0.25) is 5.75 Å². The summed E-state index contributed by atoms with van der Waals surface area (Å²) < 4.78 is 26.4. The number of nitrogens with one attached hydrogen (secondary N) is 1. The number of methoxy groups -OCH3 is 1. The highest BCUT2D eigenvalue weighted by Gasteiger charge is 2.42. The zero-order valence-corrected chi connectivity index (χ0v) is 26.3. The largest absolute Gasteiger partial charge is 0.493 e. The molecule has 2 heterocycles. The van der Waals surface area contributed by atoms with Gasteiger partial charge in [-0.1, -0.05) is 79.0 Å². The zero-order chi connectivity index (χ0) is 32.6. The summed E-state index contributed by atoms with van der Waals surface area (Å²) in [4.78, 5) is 68.9. The average molecular weight is 672 g/mol. The Bertz CT molecular complexity index is 1430. The molecule has 1 aliphatic heterocycles. The molecule has 1 amide bonds. The molecule has 3 rings (SSSR count). The Morgan fingerprint density at radius 1 is 1.07 bits per heavy atom. The molecule has 0 radical (unpaired) electrons. The van der Waals surface area contributed by atoms with E-state index in [0.717, 1.165) is 5.56 Å². The number of carbonyl (C=O) groups is 5. The highest BCUT2D eigenvalue weighted by Crippen LogP contribution is 2.32. The van der Waals surface area contributed by atoms with Crippen LogP contribution in [0.2, 0.25) is 0 Å². The van der Waals surface area contributed by atoms with E-state index in [4.69, 9.17) is 58.5 Å². The monoisotopic (exact) mass is 670 g/mol. The second-order valence-electron chi connectivity index (χ2n) is 9.81. The van der Waals surface area contributed by atoms with Crippen molar-refractivity contribution in [2.75, 3.05) is 13.7 Å². The molecule has 2 unspecified atom stereocenters. The number of rotatable bonds is 9. The van der Waals surface area contributed by atoms with Gasteiger partial charge in [0.25, 0.3) is 5.91 Å². The maximum atomic E-state index is 13.4. The van der Waals surface area contributed by atoms with Crippen LogP contribution in [0.3, 0.4) is 0 Å². The Hall–Kier alpha value is -3.87. The molecule has 236 valence electrons. The fourth-order valence-corrected chi connectivity index (χ4v) is 4.24. The molecule has 1 aromatic carbocycles. The van der Waals surface area contributed by atoms with Gasteiger partial charge >= 0.3 is 23.9 Å². The number of nitrogens with zero attached hydrogens (tertiary/aromatic N) is 1. The molecule has 1 aromatic heterocycles. The Balaban J connectivity index is 1.91. The van der Waals surface area contributed by atoms with E-state index >= 15 is 0 Å². The molecular formula is C29H29Cl3N2O10. The molecule has 1 N–H and O–H groups in total. The smallest absolute Gasteiger partial charge is 0.357 e. The first-order valence-corrected chi connectivity index (χ1v) is 14.4. The quantitative estimate of drug-likeness (QED) is 0.234. The number of esters is 4. The van der Waals surface area contributed by atoms with Crippen molar-refractivity contribution in [3.05, 3.63) is 63.4 Å². The summed E-state index contributed by atoms with van der Waals surface area (Å²) >= 11 is 16.9. The predicted octanol–water partition coefficient (Wildman–Crippen LogP) is 3.89. The van der Waals surface area contributed by atoms with Crippen LogP contribution in [0.25, 0.3) is 0 Å². The number of benzene rings is 1. The second-order valence-corrected chi connectivity index (χ2v) is 11.1. The van der Waals surface area contributed by atoms with Crippen LogP contribution < -0.4 is 14.8 Å². The highest BCUT2D eigenvalue weighted by atomic mass is 35.5. The van der Waals surface area contributed by atoms with Gasteiger partial charge in [-0.15, -0.1) is 0 Å². The van der Waals surface area contributed by atoms with E-state index in [-0.39, 0.29) is 12.2 Å². The summed E-state index contributed by atoms with van der Waals surface area (Å²) in [6.07, 6.45) is -1.03. The van der Waals surface area contributed by atoms with Crippen molar-refractivity contribution >= 4 is 64.6 Å². The summed E-state index contributed by atoms with van der Waals surface area (Å²) in [5.41, 5.74) is 0.254. The minimum absolute atomic E-state index is 0.0932. The van der Waals surface area contributed by atoms with Gasteiger partial charge in [-0.2, -0.15) is 0 Å². The molecule has 4 atom stereocenters. The summed E-state index contributed by atoms with van der Waals surface area (Å²) in [7, 11) is 1.24. The zero-order valence-electron chi connectivity index (χ0n) is 24.0. The van der Waals surface area contributed by atoms with E-state index < -0.39 is 87.4 Å². The lowest BCUT2D eigenvalue weighted by Gasteiger charge is -2.29. The number of pyridine rings is 1. The van der Waals surface area contributed by atoms with Crippen LogP contribution in [0.5, 0.6) is 11.5 Å². The molecule has 15 heteroatoms.